The average molecular weight is 165 g/mol. The zero-order valence-corrected chi connectivity index (χ0v) is 7.62. The minimum atomic E-state index is 0.0281. The molecule has 0 radical (unpaired) electrons. The Kier molecular flexibility index (Phi) is 5.93. The zero-order chi connectivity index (χ0) is 9.40. The third-order valence-corrected chi connectivity index (χ3v) is 1.13. The molecule has 66 valence electrons. The van der Waals surface area contributed by atoms with Crippen LogP contribution in [0.25, 0.3) is 0 Å². The van der Waals surface area contributed by atoms with E-state index < -0.39 is 0 Å². The second-order valence-corrected chi connectivity index (χ2v) is 2.39. The summed E-state index contributed by atoms with van der Waals surface area (Å²) in [6.07, 6.45) is 3.49. The van der Waals surface area contributed by atoms with Crippen molar-refractivity contribution in [2.75, 3.05) is 0 Å². The van der Waals surface area contributed by atoms with Crippen LogP contribution in [0, 0.1) is 6.92 Å². The molecule has 0 bridgehead atoms. The number of pyridine rings is 1. The van der Waals surface area contributed by atoms with E-state index in [2.05, 4.69) is 11.6 Å². The normalized spacial score (nSPS) is 8.25. The van der Waals surface area contributed by atoms with E-state index in [1.54, 1.807) is 12.3 Å². The summed E-state index contributed by atoms with van der Waals surface area (Å²) in [6.45, 7) is 7.24. The Labute approximate surface area is 73.6 Å². The lowest BCUT2D eigenvalue weighted by Crippen LogP contribution is -1.87. The number of rotatable bonds is 1. The molecule has 1 N–H and O–H groups in total. The Morgan fingerprint density at radius 3 is 2.50 bits per heavy atom. The molecule has 0 saturated heterocycles. The number of aliphatic hydroxyl groups excluding tert-OH is 1. The van der Waals surface area contributed by atoms with Crippen LogP contribution in [-0.2, 0) is 6.61 Å². The molecule has 0 aliphatic heterocycles. The minimum absolute atomic E-state index is 0.0281. The molecule has 1 aromatic heterocycles. The number of aromatic nitrogens is 1. The van der Waals surface area contributed by atoms with Crippen LogP contribution in [0.3, 0.4) is 0 Å². The molecule has 0 unspecified atom stereocenters. The van der Waals surface area contributed by atoms with Gasteiger partial charge in [-0.25, -0.2) is 0 Å². The quantitative estimate of drug-likeness (QED) is 0.646. The fraction of sp³-hybridized carbons (Fsp3) is 0.300. The fourth-order valence-electron chi connectivity index (χ4n) is 0.592. The van der Waals surface area contributed by atoms with Crippen LogP contribution >= 0.6 is 0 Å². The van der Waals surface area contributed by atoms with Crippen LogP contribution in [0.1, 0.15) is 18.2 Å². The summed E-state index contributed by atoms with van der Waals surface area (Å²) in [4.78, 5) is 3.95. The highest BCUT2D eigenvalue weighted by Gasteiger charge is 1.87. The Morgan fingerprint density at radius 1 is 1.58 bits per heavy atom. The van der Waals surface area contributed by atoms with Crippen molar-refractivity contribution in [3.63, 3.8) is 0 Å². The van der Waals surface area contributed by atoms with Gasteiger partial charge in [0.15, 0.2) is 0 Å². The zero-order valence-electron chi connectivity index (χ0n) is 7.62. The number of allylic oxidation sites excluding steroid dienone is 1. The van der Waals surface area contributed by atoms with Gasteiger partial charge < -0.3 is 5.11 Å². The molecule has 1 aromatic rings. The van der Waals surface area contributed by atoms with Crippen LogP contribution in [-0.4, -0.2) is 10.1 Å². The highest BCUT2D eigenvalue weighted by atomic mass is 16.3. The van der Waals surface area contributed by atoms with Crippen molar-refractivity contribution >= 4 is 0 Å². The van der Waals surface area contributed by atoms with E-state index in [4.69, 9.17) is 5.11 Å². The standard InChI is InChI=1S/C7H9NO.C3H6/c1-6-2-3-7(5-9)8-4-6;1-3-2/h2-4,9H,5H2,1H3;3H,1H2,2H3. The van der Waals surface area contributed by atoms with Crippen molar-refractivity contribution in [1.82, 2.24) is 4.98 Å². The lowest BCUT2D eigenvalue weighted by molar-refractivity contribution is 0.277. The summed E-state index contributed by atoms with van der Waals surface area (Å²) >= 11 is 0. The Morgan fingerprint density at radius 2 is 2.17 bits per heavy atom. The van der Waals surface area contributed by atoms with Gasteiger partial charge in [0.1, 0.15) is 0 Å². The largest absolute Gasteiger partial charge is 0.390 e. The number of nitrogens with zero attached hydrogens (tertiary/aromatic N) is 1. The molecule has 12 heavy (non-hydrogen) atoms. The molecule has 0 atom stereocenters. The van der Waals surface area contributed by atoms with Gasteiger partial charge in [-0.15, -0.1) is 6.58 Å². The second-order valence-electron chi connectivity index (χ2n) is 2.39. The molecule has 0 saturated carbocycles. The first-order valence-electron chi connectivity index (χ1n) is 3.84. The predicted molar refractivity (Wildman–Crippen MR) is 50.8 cm³/mol. The van der Waals surface area contributed by atoms with Gasteiger partial charge in [0.25, 0.3) is 0 Å². The van der Waals surface area contributed by atoms with Crippen LogP contribution in [0.4, 0.5) is 0 Å². The predicted octanol–water partition coefficient (Wildman–Crippen LogP) is 2.07. The smallest absolute Gasteiger partial charge is 0.0852 e. The third-order valence-electron chi connectivity index (χ3n) is 1.13. The van der Waals surface area contributed by atoms with Crippen molar-refractivity contribution in [1.29, 1.82) is 0 Å². The van der Waals surface area contributed by atoms with Gasteiger partial charge in [-0.3, -0.25) is 4.98 Å². The van der Waals surface area contributed by atoms with E-state index in [0.717, 1.165) is 11.3 Å². The molecule has 0 fully saturated rings. The first kappa shape index (κ1) is 10.8. The molecule has 1 heterocycles. The molecular weight excluding hydrogens is 150 g/mol. The van der Waals surface area contributed by atoms with Gasteiger partial charge in [0.05, 0.1) is 12.3 Å². The molecule has 0 aliphatic rings. The fourth-order valence-corrected chi connectivity index (χ4v) is 0.592. The maximum absolute atomic E-state index is 8.57. The summed E-state index contributed by atoms with van der Waals surface area (Å²) in [6, 6.07) is 3.74. The maximum Gasteiger partial charge on any atom is 0.0852 e. The Bertz CT molecular complexity index is 216. The number of aliphatic hydroxyl groups is 1. The number of hydrogen-bond donors (Lipinski definition) is 1. The Hall–Kier alpha value is -1.15. The van der Waals surface area contributed by atoms with E-state index in [1.807, 2.05) is 26.0 Å². The summed E-state index contributed by atoms with van der Waals surface area (Å²) in [5.41, 5.74) is 1.84. The van der Waals surface area contributed by atoms with Gasteiger partial charge in [-0.2, -0.15) is 0 Å². The first-order chi connectivity index (χ1) is 5.74. The SMILES string of the molecule is C=CC.Cc1ccc(CO)nc1. The molecule has 0 aliphatic carbocycles. The maximum atomic E-state index is 8.57. The van der Waals surface area contributed by atoms with Crippen LogP contribution in [0.2, 0.25) is 0 Å². The lowest BCUT2D eigenvalue weighted by Gasteiger charge is -1.93. The number of aryl methyl sites for hydroxylation is 1. The minimum Gasteiger partial charge on any atom is -0.390 e. The van der Waals surface area contributed by atoms with Crippen molar-refractivity contribution < 1.29 is 5.11 Å². The second kappa shape index (κ2) is 6.55. The average Bonchev–Trinajstić information content (AvgIpc) is 2.07. The molecule has 0 spiro atoms. The topological polar surface area (TPSA) is 33.1 Å². The summed E-state index contributed by atoms with van der Waals surface area (Å²) < 4.78 is 0. The monoisotopic (exact) mass is 165 g/mol. The van der Waals surface area contributed by atoms with E-state index in [-0.39, 0.29) is 6.61 Å². The van der Waals surface area contributed by atoms with E-state index in [9.17, 15) is 0 Å². The van der Waals surface area contributed by atoms with E-state index in [1.165, 1.54) is 0 Å². The summed E-state index contributed by atoms with van der Waals surface area (Å²) in [5, 5.41) is 8.57. The Balaban J connectivity index is 0.000000354. The van der Waals surface area contributed by atoms with Crippen molar-refractivity contribution in [2.45, 2.75) is 20.5 Å². The highest BCUT2D eigenvalue weighted by Crippen LogP contribution is 1.96. The van der Waals surface area contributed by atoms with Gasteiger partial charge in [-0.1, -0.05) is 12.1 Å². The van der Waals surface area contributed by atoms with Crippen molar-refractivity contribution in [3.05, 3.63) is 42.2 Å². The first-order valence-corrected chi connectivity index (χ1v) is 3.84. The van der Waals surface area contributed by atoms with E-state index >= 15 is 0 Å². The van der Waals surface area contributed by atoms with Crippen LogP contribution in [0.5, 0.6) is 0 Å². The highest BCUT2D eigenvalue weighted by molar-refractivity contribution is 5.11. The van der Waals surface area contributed by atoms with Gasteiger partial charge in [0, 0.05) is 6.20 Å². The summed E-state index contributed by atoms with van der Waals surface area (Å²) in [5.74, 6) is 0. The van der Waals surface area contributed by atoms with Crippen LogP contribution in [0.15, 0.2) is 31.0 Å². The molecule has 2 nitrogen and oxygen atoms in total. The molecular formula is C10H15NO. The molecule has 1 rings (SSSR count). The molecule has 2 heteroatoms. The van der Waals surface area contributed by atoms with Gasteiger partial charge in [-0.05, 0) is 25.5 Å². The van der Waals surface area contributed by atoms with E-state index in [0.29, 0.717) is 0 Å². The van der Waals surface area contributed by atoms with Crippen molar-refractivity contribution in [2.24, 2.45) is 0 Å². The van der Waals surface area contributed by atoms with Gasteiger partial charge >= 0.3 is 0 Å². The molecule has 0 aromatic carbocycles. The lowest BCUT2D eigenvalue weighted by atomic mass is 10.3. The number of hydrogen-bond acceptors (Lipinski definition) is 2. The van der Waals surface area contributed by atoms with Crippen molar-refractivity contribution in [3.8, 4) is 0 Å². The summed E-state index contributed by atoms with van der Waals surface area (Å²) in [7, 11) is 0. The third kappa shape index (κ3) is 4.63. The molecule has 0 amide bonds. The van der Waals surface area contributed by atoms with Crippen LogP contribution < -0.4 is 0 Å². The van der Waals surface area contributed by atoms with Gasteiger partial charge in [0.2, 0.25) is 0 Å².